The van der Waals surface area contributed by atoms with E-state index in [4.69, 9.17) is 28.4 Å². The van der Waals surface area contributed by atoms with Crippen molar-refractivity contribution in [1.29, 1.82) is 0 Å². The molecule has 0 aliphatic carbocycles. The molecule has 0 unspecified atom stereocenters. The Bertz CT molecular complexity index is 2890. The van der Waals surface area contributed by atoms with Crippen molar-refractivity contribution in [3.8, 4) is 11.5 Å². The minimum Gasteiger partial charge on any atom is -0.497 e. The minimum atomic E-state index is -1.48. The molecule has 6 aromatic carbocycles. The normalized spacial score (nSPS) is 17.2. The van der Waals surface area contributed by atoms with Crippen LogP contribution in [-0.2, 0) is 30.1 Å². The maximum absolute atomic E-state index is 14.7. The summed E-state index contributed by atoms with van der Waals surface area (Å²) < 4.78 is 40.0. The number of benzene rings is 6. The Balaban J connectivity index is 1.35. The highest BCUT2D eigenvalue weighted by molar-refractivity contribution is 5.70. The second-order valence-corrected chi connectivity index (χ2v) is 17.1. The van der Waals surface area contributed by atoms with Crippen LogP contribution in [0.2, 0.25) is 0 Å². The number of hydrogen-bond acceptors (Lipinski definition) is 10. The first kappa shape index (κ1) is 46.8. The lowest BCUT2D eigenvalue weighted by atomic mass is 9.79. The van der Waals surface area contributed by atoms with Crippen molar-refractivity contribution < 1.29 is 33.2 Å². The van der Waals surface area contributed by atoms with Gasteiger partial charge in [0.05, 0.1) is 33.0 Å². The Morgan fingerprint density at radius 2 is 1.06 bits per heavy atom. The fraction of sp³-hybridized carbons (Fsp3) is 0.241. The molecular weight excluding hydrogens is 863 g/mol. The maximum Gasteiger partial charge on any atom is 0.425 e. The van der Waals surface area contributed by atoms with Crippen molar-refractivity contribution in [2.24, 2.45) is 5.11 Å². The van der Waals surface area contributed by atoms with Gasteiger partial charge in [0.25, 0.3) is 5.56 Å². The van der Waals surface area contributed by atoms with Crippen LogP contribution in [0.1, 0.15) is 60.4 Å². The largest absolute Gasteiger partial charge is 0.497 e. The van der Waals surface area contributed by atoms with Crippen molar-refractivity contribution in [2.45, 2.75) is 62.1 Å². The zero-order chi connectivity index (χ0) is 47.9. The van der Waals surface area contributed by atoms with E-state index in [1.807, 2.05) is 170 Å². The Labute approximate surface area is 393 Å². The lowest BCUT2D eigenvalue weighted by Crippen LogP contribution is -2.49. The summed E-state index contributed by atoms with van der Waals surface area (Å²) in [5, 5.41) is 4.39. The molecule has 2 heterocycles. The van der Waals surface area contributed by atoms with Gasteiger partial charge in [-0.05, 0) is 83.9 Å². The first-order chi connectivity index (χ1) is 32.9. The molecule has 0 N–H and O–H groups in total. The van der Waals surface area contributed by atoms with E-state index >= 15 is 0 Å². The van der Waals surface area contributed by atoms with Gasteiger partial charge in [0.2, 0.25) is 0 Å². The molecule has 346 valence electrons. The van der Waals surface area contributed by atoms with E-state index in [2.05, 4.69) is 10.0 Å². The molecule has 1 aliphatic heterocycles. The molecule has 1 saturated heterocycles. The van der Waals surface area contributed by atoms with Gasteiger partial charge >= 0.3 is 11.8 Å². The first-order valence-electron chi connectivity index (χ1n) is 22.0. The topological polar surface area (TPSA) is 165 Å². The molecule has 14 nitrogen and oxygen atoms in total. The van der Waals surface area contributed by atoms with Crippen LogP contribution in [0.4, 0.5) is 4.79 Å². The monoisotopic (exact) mass is 913 g/mol. The Hall–Kier alpha value is -7.74. The number of nitrogens with zero attached hydrogens (tertiary/aromatic N) is 5. The number of carbonyl (C=O) groups excluding carboxylic acids is 1. The van der Waals surface area contributed by atoms with Gasteiger partial charge in [0.1, 0.15) is 34.4 Å². The standard InChI is InChI=1S/C54H51N5O9/c1-52(2,3)68-51(62)59-46(60)34-35-58(50(59)61)49-48(67-54(39-22-14-8-15-23-39,40-24-16-9-17-25-40)42-28-32-44(64-5)33-29-42)47(56-57-55)45(66-49)36-65-53(37-18-10-6-11-19-37,38-20-12-7-13-21-38)41-26-30-43(63-4)31-27-41/h6-35,45,47-49H,36H2,1-5H3/t45-,47+,48-,49-/m1/s1. The van der Waals surface area contributed by atoms with Gasteiger partial charge in [0, 0.05) is 17.2 Å². The number of ether oxygens (including phenoxy) is 6. The molecule has 7 aromatic rings. The highest BCUT2D eigenvalue weighted by Gasteiger charge is 2.53. The second-order valence-electron chi connectivity index (χ2n) is 17.1. The molecule has 14 heteroatoms. The highest BCUT2D eigenvalue weighted by atomic mass is 16.6. The van der Waals surface area contributed by atoms with Gasteiger partial charge < -0.3 is 28.4 Å². The molecule has 1 fully saturated rings. The zero-order valence-corrected chi connectivity index (χ0v) is 38.2. The number of hydrogen-bond donors (Lipinski definition) is 0. The van der Waals surface area contributed by atoms with Crippen LogP contribution >= 0.6 is 0 Å². The Morgan fingerprint density at radius 1 is 0.632 bits per heavy atom. The third kappa shape index (κ3) is 9.18. The van der Waals surface area contributed by atoms with Gasteiger partial charge in [0.15, 0.2) is 6.23 Å². The Morgan fingerprint density at radius 3 is 1.49 bits per heavy atom. The molecule has 0 amide bonds. The quantitative estimate of drug-likeness (QED) is 0.0421. The fourth-order valence-electron chi connectivity index (χ4n) is 8.78. The molecule has 0 radical (unpaired) electrons. The summed E-state index contributed by atoms with van der Waals surface area (Å²) in [6.07, 6.45) is -3.85. The molecular formula is C54H51N5O9. The summed E-state index contributed by atoms with van der Waals surface area (Å²) in [7, 11) is 3.17. The third-order valence-corrected chi connectivity index (χ3v) is 11.8. The number of azide groups is 1. The number of rotatable bonds is 15. The van der Waals surface area contributed by atoms with Crippen LogP contribution in [0.25, 0.3) is 10.4 Å². The molecule has 0 saturated carbocycles. The summed E-state index contributed by atoms with van der Waals surface area (Å²) >= 11 is 0. The smallest absolute Gasteiger partial charge is 0.425 e. The van der Waals surface area contributed by atoms with Crippen molar-refractivity contribution in [3.63, 3.8) is 0 Å². The van der Waals surface area contributed by atoms with Gasteiger partial charge in [-0.25, -0.2) is 9.59 Å². The molecule has 1 aromatic heterocycles. The van der Waals surface area contributed by atoms with E-state index in [9.17, 15) is 19.9 Å². The highest BCUT2D eigenvalue weighted by Crippen LogP contribution is 2.48. The average Bonchev–Trinajstić information content (AvgIpc) is 3.69. The zero-order valence-electron chi connectivity index (χ0n) is 38.2. The summed E-state index contributed by atoms with van der Waals surface area (Å²) in [6, 6.07) is 53.2. The van der Waals surface area contributed by atoms with E-state index in [-0.39, 0.29) is 6.61 Å². The first-order valence-corrected chi connectivity index (χ1v) is 22.0. The number of carbonyl (C=O) groups is 1. The number of aromatic nitrogens is 2. The van der Waals surface area contributed by atoms with Crippen LogP contribution in [0, 0.1) is 0 Å². The lowest BCUT2D eigenvalue weighted by Gasteiger charge is -2.40. The predicted octanol–water partition coefficient (Wildman–Crippen LogP) is 9.77. The summed E-state index contributed by atoms with van der Waals surface area (Å²) in [5.74, 6) is 1.24. The van der Waals surface area contributed by atoms with Gasteiger partial charge in [-0.2, -0.15) is 4.57 Å². The lowest BCUT2D eigenvalue weighted by molar-refractivity contribution is -0.120. The Kier molecular flexibility index (Phi) is 13.8. The van der Waals surface area contributed by atoms with E-state index < -0.39 is 58.6 Å². The molecule has 1 aliphatic rings. The van der Waals surface area contributed by atoms with E-state index in [1.54, 1.807) is 35.0 Å². The van der Waals surface area contributed by atoms with Crippen LogP contribution < -0.4 is 20.7 Å². The van der Waals surface area contributed by atoms with Crippen molar-refractivity contribution in [1.82, 2.24) is 9.13 Å². The van der Waals surface area contributed by atoms with Crippen molar-refractivity contribution in [3.05, 3.63) is 247 Å². The summed E-state index contributed by atoms with van der Waals surface area (Å²) in [5.41, 5.74) is 9.02. The van der Waals surface area contributed by atoms with E-state index in [0.717, 1.165) is 27.3 Å². The SMILES string of the molecule is COc1ccc(C(OC[C@H]2O[C@@H](n3ccc(=O)n(C(=O)OC(C)(C)C)c3=O)[C@H](OC(c3ccccc3)(c3ccccc3)c3ccc(OC)cc3)[C@H]2N=[N+]=[N-])(c2ccccc2)c2ccccc2)cc1. The third-order valence-electron chi connectivity index (χ3n) is 11.8. The van der Waals surface area contributed by atoms with Crippen molar-refractivity contribution in [2.75, 3.05) is 20.8 Å². The van der Waals surface area contributed by atoms with E-state index in [1.165, 1.54) is 6.20 Å². The molecule has 68 heavy (non-hydrogen) atoms. The van der Waals surface area contributed by atoms with Gasteiger partial charge in [-0.3, -0.25) is 9.36 Å². The second kappa shape index (κ2) is 20.0. The van der Waals surface area contributed by atoms with Gasteiger partial charge in [-0.1, -0.05) is 151 Å². The molecule has 4 atom stereocenters. The molecule has 0 bridgehead atoms. The van der Waals surface area contributed by atoms with Crippen LogP contribution in [-0.4, -0.2) is 59.9 Å². The predicted molar refractivity (Wildman–Crippen MR) is 256 cm³/mol. The van der Waals surface area contributed by atoms with Crippen LogP contribution in [0.5, 0.6) is 11.5 Å². The van der Waals surface area contributed by atoms with Gasteiger partial charge in [-0.15, -0.1) is 0 Å². The van der Waals surface area contributed by atoms with Crippen LogP contribution in [0.3, 0.4) is 0 Å². The summed E-state index contributed by atoms with van der Waals surface area (Å²) in [6.45, 7) is 4.64. The maximum atomic E-state index is 14.7. The van der Waals surface area contributed by atoms with Crippen molar-refractivity contribution >= 4 is 6.09 Å². The molecule has 8 rings (SSSR count). The van der Waals surface area contributed by atoms with Crippen LogP contribution in [0.15, 0.2) is 197 Å². The average molecular weight is 914 g/mol. The summed E-state index contributed by atoms with van der Waals surface area (Å²) in [4.78, 5) is 45.1. The van der Waals surface area contributed by atoms with E-state index in [0.29, 0.717) is 32.8 Å². The minimum absolute atomic E-state index is 0.234. The number of methoxy groups -OCH3 is 2. The molecule has 0 spiro atoms. The fourth-order valence-corrected chi connectivity index (χ4v) is 8.78.